The van der Waals surface area contributed by atoms with Gasteiger partial charge in [-0.05, 0) is 22.0 Å². The molecule has 0 radical (unpaired) electrons. The predicted molar refractivity (Wildman–Crippen MR) is 77.8 cm³/mol. The van der Waals surface area contributed by atoms with E-state index < -0.39 is 0 Å². The number of nitrogens with zero attached hydrogens (tertiary/aromatic N) is 2. The Morgan fingerprint density at radius 1 is 1.67 bits per heavy atom. The Hall–Kier alpha value is -0.430. The van der Waals surface area contributed by atoms with Crippen LogP contribution in [0.5, 0.6) is 0 Å². The number of amides is 1. The third-order valence-corrected chi connectivity index (χ3v) is 4.74. The zero-order valence-electron chi connectivity index (χ0n) is 10.6. The highest BCUT2D eigenvalue weighted by Gasteiger charge is 2.29. The number of nitrogens with one attached hydrogen (secondary N) is 1. The maximum absolute atomic E-state index is 12.1. The Morgan fingerprint density at radius 3 is 3.06 bits per heavy atom. The number of likely N-dealkylation sites (N-methyl/N-ethyl adjacent to an activating group) is 1. The minimum Gasteiger partial charge on any atom is -0.347 e. The maximum Gasteiger partial charge on any atom is 0.240 e. The van der Waals surface area contributed by atoms with Gasteiger partial charge in [-0.3, -0.25) is 9.69 Å². The molecule has 0 aromatic carbocycles. The van der Waals surface area contributed by atoms with Gasteiger partial charge in [-0.25, -0.2) is 0 Å². The molecule has 4 nitrogen and oxygen atoms in total. The van der Waals surface area contributed by atoms with E-state index in [1.165, 1.54) is 4.88 Å². The average molecular weight is 332 g/mol. The molecule has 1 saturated heterocycles. The fourth-order valence-corrected chi connectivity index (χ4v) is 3.59. The standard InChI is InChI=1S/C12H18BrN3OS/c1-15(2)12(17)11-6-14-3-4-16(11)7-10-5-9(13)8-18-10/h5,8,11,14H,3-4,6-7H2,1-2H3. The van der Waals surface area contributed by atoms with E-state index in [0.717, 1.165) is 30.7 Å². The van der Waals surface area contributed by atoms with Gasteiger partial charge in [0.15, 0.2) is 0 Å². The average Bonchev–Trinajstić information content (AvgIpc) is 2.74. The normalized spacial score (nSPS) is 20.9. The molecule has 1 fully saturated rings. The fraction of sp³-hybridized carbons (Fsp3) is 0.583. The van der Waals surface area contributed by atoms with Crippen LogP contribution in [-0.4, -0.2) is 55.5 Å². The second-order valence-electron chi connectivity index (χ2n) is 4.65. The number of rotatable bonds is 3. The number of hydrogen-bond acceptors (Lipinski definition) is 4. The fourth-order valence-electron chi connectivity index (χ4n) is 2.11. The number of hydrogen-bond donors (Lipinski definition) is 1. The quantitative estimate of drug-likeness (QED) is 0.908. The summed E-state index contributed by atoms with van der Waals surface area (Å²) in [5.41, 5.74) is 0. The summed E-state index contributed by atoms with van der Waals surface area (Å²) in [7, 11) is 3.63. The van der Waals surface area contributed by atoms with Crippen molar-refractivity contribution in [3.63, 3.8) is 0 Å². The van der Waals surface area contributed by atoms with Crippen LogP contribution in [0.2, 0.25) is 0 Å². The molecule has 2 heterocycles. The minimum absolute atomic E-state index is 0.0466. The van der Waals surface area contributed by atoms with E-state index in [9.17, 15) is 4.79 Å². The van der Waals surface area contributed by atoms with Crippen LogP contribution in [0.3, 0.4) is 0 Å². The number of carbonyl (C=O) groups is 1. The molecule has 1 aliphatic rings. The summed E-state index contributed by atoms with van der Waals surface area (Å²) in [5.74, 6) is 0.179. The van der Waals surface area contributed by atoms with Crippen molar-refractivity contribution in [1.29, 1.82) is 0 Å². The van der Waals surface area contributed by atoms with Crippen LogP contribution in [0.4, 0.5) is 0 Å². The molecule has 1 atom stereocenters. The van der Waals surface area contributed by atoms with E-state index in [1.54, 1.807) is 16.2 Å². The van der Waals surface area contributed by atoms with Crippen molar-refractivity contribution < 1.29 is 4.79 Å². The van der Waals surface area contributed by atoms with E-state index in [2.05, 4.69) is 37.6 Å². The largest absolute Gasteiger partial charge is 0.347 e. The van der Waals surface area contributed by atoms with Gasteiger partial charge in [0.25, 0.3) is 0 Å². The highest BCUT2D eigenvalue weighted by Crippen LogP contribution is 2.22. The molecule has 1 amide bonds. The first-order valence-electron chi connectivity index (χ1n) is 5.97. The minimum atomic E-state index is -0.0466. The smallest absolute Gasteiger partial charge is 0.240 e. The molecule has 1 N–H and O–H groups in total. The van der Waals surface area contributed by atoms with Crippen LogP contribution in [-0.2, 0) is 11.3 Å². The number of thiophene rings is 1. The molecule has 0 spiro atoms. The Kier molecular flexibility index (Phi) is 4.77. The summed E-state index contributed by atoms with van der Waals surface area (Å²) in [6.07, 6.45) is 0. The molecule has 0 saturated carbocycles. The molecule has 0 aliphatic carbocycles. The van der Waals surface area contributed by atoms with E-state index >= 15 is 0 Å². The van der Waals surface area contributed by atoms with Crippen LogP contribution < -0.4 is 5.32 Å². The molecular formula is C12H18BrN3OS. The monoisotopic (exact) mass is 331 g/mol. The van der Waals surface area contributed by atoms with Crippen LogP contribution >= 0.6 is 27.3 Å². The Bertz CT molecular complexity index is 421. The highest BCUT2D eigenvalue weighted by atomic mass is 79.9. The molecule has 18 heavy (non-hydrogen) atoms. The lowest BCUT2D eigenvalue weighted by atomic mass is 10.1. The van der Waals surface area contributed by atoms with Gasteiger partial charge < -0.3 is 10.2 Å². The van der Waals surface area contributed by atoms with Crippen molar-refractivity contribution in [1.82, 2.24) is 15.1 Å². The summed E-state index contributed by atoms with van der Waals surface area (Å²) in [6, 6.07) is 2.08. The topological polar surface area (TPSA) is 35.6 Å². The van der Waals surface area contributed by atoms with Crippen LogP contribution in [0.1, 0.15) is 4.88 Å². The Morgan fingerprint density at radius 2 is 2.44 bits per heavy atom. The third-order valence-electron chi connectivity index (χ3n) is 3.06. The second kappa shape index (κ2) is 6.14. The van der Waals surface area contributed by atoms with Crippen molar-refractivity contribution in [2.24, 2.45) is 0 Å². The SMILES string of the molecule is CN(C)C(=O)C1CNCCN1Cc1cc(Br)cs1. The van der Waals surface area contributed by atoms with E-state index in [-0.39, 0.29) is 11.9 Å². The van der Waals surface area contributed by atoms with Gasteiger partial charge in [0.2, 0.25) is 5.91 Å². The van der Waals surface area contributed by atoms with Gasteiger partial charge in [-0.15, -0.1) is 11.3 Å². The van der Waals surface area contributed by atoms with Crippen molar-refractivity contribution in [2.45, 2.75) is 12.6 Å². The molecule has 0 bridgehead atoms. The predicted octanol–water partition coefficient (Wildman–Crippen LogP) is 1.37. The van der Waals surface area contributed by atoms with Crippen molar-refractivity contribution >= 4 is 33.2 Å². The van der Waals surface area contributed by atoms with Gasteiger partial charge in [-0.2, -0.15) is 0 Å². The van der Waals surface area contributed by atoms with Gasteiger partial charge >= 0.3 is 0 Å². The van der Waals surface area contributed by atoms with Crippen molar-refractivity contribution in [3.05, 3.63) is 20.8 Å². The van der Waals surface area contributed by atoms with Gasteiger partial charge in [0, 0.05) is 55.0 Å². The third kappa shape index (κ3) is 3.32. The van der Waals surface area contributed by atoms with Gasteiger partial charge in [0.1, 0.15) is 6.04 Å². The van der Waals surface area contributed by atoms with Crippen molar-refractivity contribution in [3.8, 4) is 0 Å². The first-order valence-corrected chi connectivity index (χ1v) is 7.64. The maximum atomic E-state index is 12.1. The summed E-state index contributed by atoms with van der Waals surface area (Å²) in [5, 5.41) is 5.38. The molecular weight excluding hydrogens is 314 g/mol. The van der Waals surface area contributed by atoms with Crippen LogP contribution in [0.25, 0.3) is 0 Å². The summed E-state index contributed by atoms with van der Waals surface area (Å²) in [6.45, 7) is 3.45. The molecule has 1 aromatic rings. The number of carbonyl (C=O) groups excluding carboxylic acids is 1. The lowest BCUT2D eigenvalue weighted by Gasteiger charge is -2.36. The summed E-state index contributed by atoms with van der Waals surface area (Å²) >= 11 is 5.20. The lowest BCUT2D eigenvalue weighted by molar-refractivity contribution is -0.135. The number of piperazine rings is 1. The molecule has 2 rings (SSSR count). The first-order chi connectivity index (χ1) is 8.58. The molecule has 1 unspecified atom stereocenters. The molecule has 6 heteroatoms. The molecule has 1 aromatic heterocycles. The van der Waals surface area contributed by atoms with Crippen LogP contribution in [0, 0.1) is 0 Å². The number of halogens is 1. The molecule has 1 aliphatic heterocycles. The zero-order valence-corrected chi connectivity index (χ0v) is 13.1. The summed E-state index contributed by atoms with van der Waals surface area (Å²) in [4.78, 5) is 17.4. The summed E-state index contributed by atoms with van der Waals surface area (Å²) < 4.78 is 1.12. The van der Waals surface area contributed by atoms with Gasteiger partial charge in [-0.1, -0.05) is 0 Å². The lowest BCUT2D eigenvalue weighted by Crippen LogP contribution is -2.57. The first kappa shape index (κ1) is 14.0. The van der Waals surface area contributed by atoms with E-state index in [1.807, 2.05) is 14.1 Å². The molecule has 100 valence electrons. The zero-order chi connectivity index (χ0) is 13.1. The van der Waals surface area contributed by atoms with E-state index in [0.29, 0.717) is 0 Å². The Labute approximate surface area is 120 Å². The van der Waals surface area contributed by atoms with Gasteiger partial charge in [0.05, 0.1) is 0 Å². The van der Waals surface area contributed by atoms with E-state index in [4.69, 9.17) is 0 Å². The Balaban J connectivity index is 2.06. The second-order valence-corrected chi connectivity index (χ2v) is 6.57. The van der Waals surface area contributed by atoms with Crippen LogP contribution in [0.15, 0.2) is 15.9 Å². The highest BCUT2D eigenvalue weighted by molar-refractivity contribution is 9.10. The van der Waals surface area contributed by atoms with Crippen molar-refractivity contribution in [2.75, 3.05) is 33.7 Å².